The van der Waals surface area contributed by atoms with Crippen LogP contribution in [0.1, 0.15) is 55.5 Å². The molecule has 0 spiro atoms. The summed E-state index contributed by atoms with van der Waals surface area (Å²) in [6.45, 7) is 3.62. The summed E-state index contributed by atoms with van der Waals surface area (Å²) in [6.07, 6.45) is 6.05. The number of phenolic OH excluding ortho intramolecular Hbond substituents is 1. The maximum atomic E-state index is 11.9. The van der Waals surface area contributed by atoms with E-state index in [4.69, 9.17) is 0 Å². The predicted octanol–water partition coefficient (Wildman–Crippen LogP) is 8.65. The van der Waals surface area contributed by atoms with Gasteiger partial charge in [-0.3, -0.25) is 0 Å². The third-order valence-corrected chi connectivity index (χ3v) is 18.7. The molecule has 0 aromatic heterocycles. The minimum absolute atomic E-state index is 0.0900. The number of unbranched alkanes of at least 4 members (excludes halogenated alkanes) is 2. The van der Waals surface area contributed by atoms with E-state index in [1.165, 1.54) is 22.8 Å². The second kappa shape index (κ2) is 13.3. The molecule has 0 atom stereocenters. The van der Waals surface area contributed by atoms with Gasteiger partial charge in [0.15, 0.2) is 0 Å². The van der Waals surface area contributed by atoms with Crippen LogP contribution in [0.3, 0.4) is 0 Å². The molecule has 0 fully saturated rings. The summed E-state index contributed by atoms with van der Waals surface area (Å²) < 4.78 is 0. The van der Waals surface area contributed by atoms with Crippen LogP contribution in [-0.2, 0) is 6.42 Å². The first-order valence-corrected chi connectivity index (χ1v) is 19.2. The van der Waals surface area contributed by atoms with Crippen LogP contribution in [0.15, 0.2) is 108 Å². The van der Waals surface area contributed by atoms with Crippen molar-refractivity contribution in [2.75, 3.05) is 11.9 Å². The molecule has 0 radical (unpaired) electrons. The molecule has 0 aliphatic heterocycles. The number of hydrogen-bond acceptors (Lipinski definition) is 3. The molecule has 4 aromatic carbocycles. The quantitative estimate of drug-likeness (QED) is 0.0703. The molecule has 0 saturated heterocycles. The average molecular weight is 622 g/mol. The van der Waals surface area contributed by atoms with Crippen molar-refractivity contribution < 1.29 is 9.90 Å². The number of hydrogen-bond donors (Lipinski definition) is 1. The molecule has 0 heterocycles. The zero-order valence-corrected chi connectivity index (χ0v) is 26.2. The van der Waals surface area contributed by atoms with Gasteiger partial charge in [-0.15, -0.1) is 0 Å². The zero-order valence-electron chi connectivity index (χ0n) is 22.9. The van der Waals surface area contributed by atoms with Gasteiger partial charge < -0.3 is 0 Å². The summed E-state index contributed by atoms with van der Waals surface area (Å²) in [6, 6.07) is 36.7. The van der Waals surface area contributed by atoms with Gasteiger partial charge in [0.1, 0.15) is 0 Å². The number of thioether (sulfide) groups is 1. The molecule has 4 aromatic rings. The second-order valence-electron chi connectivity index (χ2n) is 10.1. The first-order chi connectivity index (χ1) is 18.9. The van der Waals surface area contributed by atoms with Gasteiger partial charge in [-0.1, -0.05) is 0 Å². The topological polar surface area (TPSA) is 37.3 Å². The molecular formula is C34H38BrO2PS. The molecule has 0 unspecified atom stereocenters. The molecule has 5 heteroatoms. The molecule has 1 N–H and O–H groups in total. The van der Waals surface area contributed by atoms with Gasteiger partial charge in [0.05, 0.1) is 0 Å². The van der Waals surface area contributed by atoms with Crippen LogP contribution in [-0.4, -0.2) is 22.8 Å². The Kier molecular flexibility index (Phi) is 10.1. The van der Waals surface area contributed by atoms with Crippen LogP contribution in [0.4, 0.5) is 0 Å². The molecule has 39 heavy (non-hydrogen) atoms. The average Bonchev–Trinajstić information content (AvgIpc) is 2.97. The van der Waals surface area contributed by atoms with Crippen LogP contribution < -0.4 is 15.9 Å². The van der Waals surface area contributed by atoms with Crippen LogP contribution in [0.25, 0.3) is 0 Å². The van der Waals surface area contributed by atoms with Gasteiger partial charge in [-0.05, 0) is 0 Å². The van der Waals surface area contributed by atoms with Gasteiger partial charge in [0.2, 0.25) is 0 Å². The molecule has 0 saturated carbocycles. The predicted molar refractivity (Wildman–Crippen MR) is 176 cm³/mol. The summed E-state index contributed by atoms with van der Waals surface area (Å²) in [7, 11) is 0. The Hall–Kier alpha value is -2.39. The molecule has 0 bridgehead atoms. The normalized spacial score (nSPS) is 12.5. The van der Waals surface area contributed by atoms with Crippen molar-refractivity contribution >= 4 is 54.3 Å². The van der Waals surface area contributed by atoms with Crippen molar-refractivity contribution in [2.24, 2.45) is 0 Å². The van der Waals surface area contributed by atoms with Crippen molar-refractivity contribution in [3.05, 3.63) is 114 Å². The van der Waals surface area contributed by atoms with Gasteiger partial charge in [0.25, 0.3) is 0 Å². The van der Waals surface area contributed by atoms with E-state index in [0.717, 1.165) is 54.5 Å². The minimum atomic E-state index is -2.87. The Morgan fingerprint density at radius 3 is 1.74 bits per heavy atom. The molecule has 4 rings (SSSR count). The summed E-state index contributed by atoms with van der Waals surface area (Å²) in [5.74, 6) is 1.06. The fraction of sp³-hybridized carbons (Fsp3) is 0.265. The van der Waals surface area contributed by atoms with Crippen LogP contribution >= 0.6 is 32.6 Å². The summed E-state index contributed by atoms with van der Waals surface area (Å²) >= 11 is 6.34. The first kappa shape index (κ1) is 29.6. The van der Waals surface area contributed by atoms with Crippen molar-refractivity contribution in [1.82, 2.24) is 0 Å². The molecule has 0 aliphatic carbocycles. The molecular weight excluding hydrogens is 583 g/mol. The van der Waals surface area contributed by atoms with Crippen molar-refractivity contribution in [2.45, 2.75) is 50.8 Å². The van der Waals surface area contributed by atoms with Crippen LogP contribution in [0.5, 0.6) is 5.75 Å². The summed E-state index contributed by atoms with van der Waals surface area (Å²) in [5.41, 5.74) is 1.34. The number of carbonyl (C=O) groups excluding carboxylic acids is 1. The monoisotopic (exact) mass is 620 g/mol. The number of halogens is 1. The van der Waals surface area contributed by atoms with Gasteiger partial charge in [-0.2, -0.15) is 0 Å². The van der Waals surface area contributed by atoms with Crippen molar-refractivity contribution in [3.63, 3.8) is 0 Å². The summed E-state index contributed by atoms with van der Waals surface area (Å²) in [4.78, 5) is 13.0. The van der Waals surface area contributed by atoms with E-state index in [0.29, 0.717) is 5.56 Å². The SMILES string of the molecule is CCCc1c(SCCCCCP(Br)(c2ccccc2)(c2ccccc2)c2ccccc2)ccc(C(C)=O)c1O. The van der Waals surface area contributed by atoms with E-state index in [9.17, 15) is 9.90 Å². The fourth-order valence-corrected chi connectivity index (χ4v) is 14.3. The first-order valence-electron chi connectivity index (χ1n) is 13.8. The second-order valence-corrected chi connectivity index (χ2v) is 20.3. The number of carbonyl (C=O) groups is 1. The number of rotatable bonds is 13. The Bertz CT molecular complexity index is 1280. The van der Waals surface area contributed by atoms with E-state index < -0.39 is 5.31 Å². The third-order valence-electron chi connectivity index (χ3n) is 7.48. The van der Waals surface area contributed by atoms with Gasteiger partial charge in [0, 0.05) is 0 Å². The van der Waals surface area contributed by atoms with E-state index in [1.54, 1.807) is 17.8 Å². The van der Waals surface area contributed by atoms with Gasteiger partial charge in [-0.25, -0.2) is 0 Å². The van der Waals surface area contributed by atoms with E-state index >= 15 is 0 Å². The Labute approximate surface area is 245 Å². The fourth-order valence-electron chi connectivity index (χ4n) is 5.45. The third kappa shape index (κ3) is 6.19. The number of ketones is 1. The number of aromatic hydroxyl groups is 1. The Balaban J connectivity index is 1.53. The molecule has 0 aliphatic rings. The van der Waals surface area contributed by atoms with Crippen LogP contribution in [0.2, 0.25) is 0 Å². The summed E-state index contributed by atoms with van der Waals surface area (Å²) in [5, 5.41) is 11.9. The number of phenols is 1. The van der Waals surface area contributed by atoms with Crippen LogP contribution in [0, 0.1) is 0 Å². The maximum absolute atomic E-state index is 11.9. The van der Waals surface area contributed by atoms with E-state index in [1.807, 2.05) is 6.07 Å². The molecule has 0 amide bonds. The Morgan fingerprint density at radius 1 is 0.769 bits per heavy atom. The Morgan fingerprint density at radius 2 is 1.28 bits per heavy atom. The van der Waals surface area contributed by atoms with E-state index in [2.05, 4.69) is 113 Å². The molecule has 2 nitrogen and oxygen atoms in total. The zero-order chi connectivity index (χ0) is 27.7. The number of benzene rings is 4. The van der Waals surface area contributed by atoms with Crippen molar-refractivity contribution in [1.29, 1.82) is 0 Å². The number of Topliss-reactive ketones (excluding diaryl/α,β-unsaturated/α-hetero) is 1. The van der Waals surface area contributed by atoms with Crippen molar-refractivity contribution in [3.8, 4) is 5.75 Å². The molecule has 204 valence electrons. The van der Waals surface area contributed by atoms with Gasteiger partial charge >= 0.3 is 247 Å². The van der Waals surface area contributed by atoms with E-state index in [-0.39, 0.29) is 11.5 Å². The standard InChI is InChI=1S/C34H38BrO2PS/c1-3-16-32-33(24-23-31(27(2)36)34(32)37)39-26-15-7-14-25-38(35,28-17-8-4-9-18-28,29-19-10-5-11-20-29)30-21-12-6-13-22-30/h4-6,8-13,17-24,37H,3,7,14-16,25-26H2,1-2H3.